The van der Waals surface area contributed by atoms with Crippen LogP contribution >= 0.6 is 27.3 Å². The summed E-state index contributed by atoms with van der Waals surface area (Å²) in [6.45, 7) is 1.63. The molecule has 0 unspecified atom stereocenters. The van der Waals surface area contributed by atoms with Crippen molar-refractivity contribution in [1.29, 1.82) is 0 Å². The van der Waals surface area contributed by atoms with E-state index in [4.69, 9.17) is 5.73 Å². The molecule has 0 bridgehead atoms. The molecule has 1 aromatic heterocycles. The molecular formula is C11H16BrN3S. The normalized spacial score (nSPS) is 17.2. The molecular weight excluding hydrogens is 286 g/mol. The number of hydrogen-bond acceptors (Lipinski definition) is 2. The van der Waals surface area contributed by atoms with Crippen LogP contribution in [0.25, 0.3) is 0 Å². The lowest BCUT2D eigenvalue weighted by atomic mass is 9.85. The second-order valence-corrected chi connectivity index (χ2v) is 6.43. The number of halogens is 1. The minimum atomic E-state index is 0.564. The number of hydrogen-bond donors (Lipinski definition) is 2. The number of nitrogens with one attached hydrogen (secondary N) is 1. The predicted molar refractivity (Wildman–Crippen MR) is 72.7 cm³/mol. The van der Waals surface area contributed by atoms with Gasteiger partial charge in [0.15, 0.2) is 5.96 Å². The first kappa shape index (κ1) is 11.9. The highest BCUT2D eigenvalue weighted by molar-refractivity contribution is 9.11. The summed E-state index contributed by atoms with van der Waals surface area (Å²) in [5, 5.41) is 5.27. The Morgan fingerprint density at radius 3 is 3.00 bits per heavy atom. The van der Waals surface area contributed by atoms with E-state index in [9.17, 15) is 0 Å². The van der Waals surface area contributed by atoms with Gasteiger partial charge in [-0.25, -0.2) is 4.99 Å². The number of aliphatic imine (C=N–C) groups is 1. The third-order valence-corrected chi connectivity index (χ3v) is 4.40. The fourth-order valence-corrected chi connectivity index (χ4v) is 2.81. The quantitative estimate of drug-likeness (QED) is 0.664. The topological polar surface area (TPSA) is 50.4 Å². The molecule has 1 saturated carbocycles. The monoisotopic (exact) mass is 301 g/mol. The van der Waals surface area contributed by atoms with E-state index in [-0.39, 0.29) is 0 Å². The fraction of sp³-hybridized carbons (Fsp3) is 0.545. The average Bonchev–Trinajstić information content (AvgIpc) is 2.59. The maximum absolute atomic E-state index is 5.79. The van der Waals surface area contributed by atoms with E-state index in [1.165, 1.54) is 24.8 Å². The summed E-state index contributed by atoms with van der Waals surface area (Å²) in [6, 6.07) is 2.08. The summed E-state index contributed by atoms with van der Waals surface area (Å²) >= 11 is 5.10. The van der Waals surface area contributed by atoms with Gasteiger partial charge in [0, 0.05) is 6.54 Å². The zero-order valence-corrected chi connectivity index (χ0v) is 11.5. The lowest BCUT2D eigenvalue weighted by Crippen LogP contribution is -2.37. The van der Waals surface area contributed by atoms with Crippen LogP contribution in [0, 0.1) is 5.92 Å². The standard InChI is InChI=1S/C11H16BrN3S/c12-10-4-9(7-16-10)6-15-11(13)14-5-8-2-1-3-8/h4,7-8H,1-3,5-6H2,(H3,13,14,15). The number of rotatable bonds is 4. The summed E-state index contributed by atoms with van der Waals surface area (Å²) in [6.07, 6.45) is 4.03. The zero-order chi connectivity index (χ0) is 11.4. The van der Waals surface area contributed by atoms with Crippen LogP contribution < -0.4 is 11.1 Å². The molecule has 1 aliphatic carbocycles. The Morgan fingerprint density at radius 2 is 2.44 bits per heavy atom. The molecule has 1 aliphatic rings. The van der Waals surface area contributed by atoms with E-state index in [0.717, 1.165) is 16.2 Å². The molecule has 1 fully saturated rings. The second-order valence-electron chi connectivity index (χ2n) is 4.14. The molecule has 16 heavy (non-hydrogen) atoms. The molecule has 0 aliphatic heterocycles. The number of nitrogens with two attached hydrogens (primary N) is 1. The van der Waals surface area contributed by atoms with Gasteiger partial charge in [0.25, 0.3) is 0 Å². The summed E-state index contributed by atoms with van der Waals surface area (Å²) in [4.78, 5) is 4.31. The highest BCUT2D eigenvalue weighted by atomic mass is 79.9. The minimum absolute atomic E-state index is 0.564. The Bertz CT molecular complexity index is 371. The Hall–Kier alpha value is -0.550. The average molecular weight is 302 g/mol. The van der Waals surface area contributed by atoms with E-state index >= 15 is 0 Å². The van der Waals surface area contributed by atoms with Gasteiger partial charge in [0.1, 0.15) is 0 Å². The summed E-state index contributed by atoms with van der Waals surface area (Å²) in [5.74, 6) is 1.37. The van der Waals surface area contributed by atoms with Crippen LogP contribution in [0.4, 0.5) is 0 Å². The van der Waals surface area contributed by atoms with Crippen molar-refractivity contribution in [2.24, 2.45) is 16.6 Å². The van der Waals surface area contributed by atoms with Crippen molar-refractivity contribution in [3.05, 3.63) is 20.8 Å². The Kier molecular flexibility index (Phi) is 4.23. The van der Waals surface area contributed by atoms with Gasteiger partial charge >= 0.3 is 0 Å². The van der Waals surface area contributed by atoms with Crippen LogP contribution in [0.5, 0.6) is 0 Å². The Morgan fingerprint density at radius 1 is 1.62 bits per heavy atom. The molecule has 1 aromatic rings. The molecule has 0 aromatic carbocycles. The van der Waals surface area contributed by atoms with E-state index in [0.29, 0.717) is 12.5 Å². The largest absolute Gasteiger partial charge is 0.370 e. The van der Waals surface area contributed by atoms with Gasteiger partial charge in [-0.3, -0.25) is 0 Å². The number of nitrogens with zero attached hydrogens (tertiary/aromatic N) is 1. The molecule has 3 N–H and O–H groups in total. The summed E-state index contributed by atoms with van der Waals surface area (Å²) in [7, 11) is 0. The predicted octanol–water partition coefficient (Wildman–Crippen LogP) is 2.72. The Labute approximate surface area is 108 Å². The van der Waals surface area contributed by atoms with Crippen molar-refractivity contribution in [2.75, 3.05) is 6.54 Å². The van der Waals surface area contributed by atoms with Crippen molar-refractivity contribution in [2.45, 2.75) is 25.8 Å². The van der Waals surface area contributed by atoms with Crippen LogP contribution in [0.2, 0.25) is 0 Å². The van der Waals surface area contributed by atoms with Crippen molar-refractivity contribution < 1.29 is 0 Å². The molecule has 5 heteroatoms. The van der Waals surface area contributed by atoms with Gasteiger partial charge in [-0.1, -0.05) is 6.42 Å². The maximum atomic E-state index is 5.79. The lowest BCUT2D eigenvalue weighted by Gasteiger charge is -2.25. The first-order chi connectivity index (χ1) is 7.74. The van der Waals surface area contributed by atoms with Crippen LogP contribution in [0.3, 0.4) is 0 Å². The number of guanidine groups is 1. The lowest BCUT2D eigenvalue weighted by molar-refractivity contribution is 0.315. The molecule has 0 amide bonds. The first-order valence-corrected chi connectivity index (χ1v) is 7.18. The molecule has 0 radical (unpaired) electrons. The van der Waals surface area contributed by atoms with Gasteiger partial charge in [0.05, 0.1) is 10.3 Å². The Balaban J connectivity index is 1.73. The number of thiophene rings is 1. The summed E-state index contributed by atoms with van der Waals surface area (Å²) < 4.78 is 1.14. The van der Waals surface area contributed by atoms with Gasteiger partial charge < -0.3 is 11.1 Å². The van der Waals surface area contributed by atoms with Crippen LogP contribution in [0.15, 0.2) is 20.2 Å². The third-order valence-electron chi connectivity index (χ3n) is 2.85. The van der Waals surface area contributed by atoms with E-state index in [2.05, 4.69) is 37.7 Å². The van der Waals surface area contributed by atoms with E-state index < -0.39 is 0 Å². The molecule has 0 spiro atoms. The molecule has 1 heterocycles. The minimum Gasteiger partial charge on any atom is -0.370 e. The van der Waals surface area contributed by atoms with Crippen molar-refractivity contribution in [3.63, 3.8) is 0 Å². The fourth-order valence-electron chi connectivity index (χ4n) is 1.61. The molecule has 3 nitrogen and oxygen atoms in total. The van der Waals surface area contributed by atoms with E-state index in [1.54, 1.807) is 11.3 Å². The van der Waals surface area contributed by atoms with Gasteiger partial charge in [0.2, 0.25) is 0 Å². The van der Waals surface area contributed by atoms with Crippen LogP contribution in [0.1, 0.15) is 24.8 Å². The smallest absolute Gasteiger partial charge is 0.188 e. The third kappa shape index (κ3) is 3.49. The molecule has 2 rings (SSSR count). The van der Waals surface area contributed by atoms with E-state index in [1.807, 2.05) is 0 Å². The second kappa shape index (κ2) is 5.68. The van der Waals surface area contributed by atoms with Crippen LogP contribution in [-0.2, 0) is 6.54 Å². The van der Waals surface area contributed by atoms with Crippen molar-refractivity contribution >= 4 is 33.2 Å². The zero-order valence-electron chi connectivity index (χ0n) is 9.08. The molecule has 0 atom stereocenters. The summed E-state index contributed by atoms with van der Waals surface area (Å²) in [5.41, 5.74) is 6.99. The van der Waals surface area contributed by atoms with Gasteiger partial charge in [-0.15, -0.1) is 11.3 Å². The SMILES string of the molecule is NC(=NCc1csc(Br)c1)NCC1CCC1. The van der Waals surface area contributed by atoms with Crippen molar-refractivity contribution in [3.8, 4) is 0 Å². The molecule has 0 saturated heterocycles. The highest BCUT2D eigenvalue weighted by Gasteiger charge is 2.16. The first-order valence-electron chi connectivity index (χ1n) is 5.51. The van der Waals surface area contributed by atoms with Crippen LogP contribution in [-0.4, -0.2) is 12.5 Å². The molecule has 88 valence electrons. The maximum Gasteiger partial charge on any atom is 0.188 e. The van der Waals surface area contributed by atoms with Gasteiger partial charge in [-0.2, -0.15) is 0 Å². The van der Waals surface area contributed by atoms with Crippen molar-refractivity contribution in [1.82, 2.24) is 5.32 Å². The van der Waals surface area contributed by atoms with Gasteiger partial charge in [-0.05, 0) is 51.7 Å². The highest BCUT2D eigenvalue weighted by Crippen LogP contribution is 2.25.